The van der Waals surface area contributed by atoms with Crippen LogP contribution in [0.5, 0.6) is 0 Å². The summed E-state index contributed by atoms with van der Waals surface area (Å²) < 4.78 is 7.05. The van der Waals surface area contributed by atoms with Crippen LogP contribution in [0.2, 0.25) is 0 Å². The lowest BCUT2D eigenvalue weighted by molar-refractivity contribution is -0.139. The van der Waals surface area contributed by atoms with Gasteiger partial charge in [0.05, 0.1) is 29.4 Å². The number of amides is 3. The fraction of sp³-hybridized carbons (Fsp3) is 0.676. The first-order valence-electron chi connectivity index (χ1n) is 16.4. The SMILES string of the molecule is COCCCCc1c(C(=O)N(CC(C)C)[C@H]2C[C@@H](C(=O)N3CCCC3)CN(C(=O)O)C2C(C)(C)C)nnn1-c1ccccc1C. The third-order valence-corrected chi connectivity index (χ3v) is 9.09. The molecule has 0 aliphatic carbocycles. The molecule has 1 unspecified atom stereocenters. The second kappa shape index (κ2) is 14.7. The largest absolute Gasteiger partial charge is 0.465 e. The summed E-state index contributed by atoms with van der Waals surface area (Å²) in [5.74, 6) is -0.720. The Kier molecular flexibility index (Phi) is 11.3. The molecule has 2 fully saturated rings. The summed E-state index contributed by atoms with van der Waals surface area (Å²) in [5.41, 5.74) is 2.38. The van der Waals surface area contributed by atoms with Crippen molar-refractivity contribution in [3.63, 3.8) is 0 Å². The Morgan fingerprint density at radius 3 is 2.40 bits per heavy atom. The van der Waals surface area contributed by atoms with Crippen LogP contribution in [0.3, 0.4) is 0 Å². The van der Waals surface area contributed by atoms with Crippen LogP contribution < -0.4 is 0 Å². The number of carbonyl (C=O) groups is 3. The maximum Gasteiger partial charge on any atom is 0.407 e. The van der Waals surface area contributed by atoms with Crippen LogP contribution in [0, 0.1) is 24.2 Å². The van der Waals surface area contributed by atoms with Gasteiger partial charge < -0.3 is 24.5 Å². The number of aryl methyl sites for hydroxylation is 1. The van der Waals surface area contributed by atoms with Crippen molar-refractivity contribution in [1.29, 1.82) is 0 Å². The van der Waals surface area contributed by atoms with Gasteiger partial charge in [-0.25, -0.2) is 9.48 Å². The molecule has 1 aromatic carbocycles. The Bertz CT molecular complexity index is 1330. The lowest BCUT2D eigenvalue weighted by Gasteiger charge is -2.52. The molecule has 11 nitrogen and oxygen atoms in total. The maximum absolute atomic E-state index is 14.8. The van der Waals surface area contributed by atoms with Crippen LogP contribution in [-0.4, -0.2) is 105 Å². The first-order chi connectivity index (χ1) is 21.3. The first-order valence-corrected chi connectivity index (χ1v) is 16.4. The van der Waals surface area contributed by atoms with Gasteiger partial charge in [-0.1, -0.05) is 58.0 Å². The standard InChI is InChI=1S/C34H52N6O5/c1-23(2)21-38(28-20-25(31(41)37-17-11-12-18-37)22-39(33(43)44)30(28)34(4,5)6)32(42)29-27(16-10-13-19-45-7)40(36-35-29)26-15-9-8-14-24(26)3/h8-9,14-15,23,25,28,30H,10-13,16-22H2,1-7H3,(H,43,44)/t25-,28+,30?/m1/s1. The van der Waals surface area contributed by atoms with E-state index in [1.54, 1.807) is 11.8 Å². The number of para-hydroxylation sites is 1. The third-order valence-electron chi connectivity index (χ3n) is 9.09. The zero-order chi connectivity index (χ0) is 32.9. The zero-order valence-corrected chi connectivity index (χ0v) is 28.2. The van der Waals surface area contributed by atoms with Crippen molar-refractivity contribution in [1.82, 2.24) is 29.7 Å². The van der Waals surface area contributed by atoms with Gasteiger partial charge >= 0.3 is 6.09 Å². The molecular weight excluding hydrogens is 572 g/mol. The van der Waals surface area contributed by atoms with Gasteiger partial charge in [0.15, 0.2) is 5.69 Å². The van der Waals surface area contributed by atoms with E-state index in [9.17, 15) is 19.5 Å². The summed E-state index contributed by atoms with van der Waals surface area (Å²) in [6.45, 7) is 14.7. The molecule has 1 aromatic heterocycles. The minimum atomic E-state index is -1.07. The van der Waals surface area contributed by atoms with E-state index >= 15 is 0 Å². The highest BCUT2D eigenvalue weighted by Crippen LogP contribution is 2.39. The van der Waals surface area contributed by atoms with Crippen molar-refractivity contribution < 1.29 is 24.2 Å². The van der Waals surface area contributed by atoms with Crippen molar-refractivity contribution in [2.75, 3.05) is 39.9 Å². The minimum absolute atomic E-state index is 0.0163. The minimum Gasteiger partial charge on any atom is -0.465 e. The van der Waals surface area contributed by atoms with Crippen molar-refractivity contribution in [3.05, 3.63) is 41.2 Å². The van der Waals surface area contributed by atoms with Crippen LogP contribution >= 0.6 is 0 Å². The van der Waals surface area contributed by atoms with E-state index in [1.165, 1.54) is 4.90 Å². The molecule has 3 amide bonds. The average Bonchev–Trinajstić information content (AvgIpc) is 3.67. The maximum atomic E-state index is 14.8. The normalized spacial score (nSPS) is 20.6. The van der Waals surface area contributed by atoms with Crippen LogP contribution in [0.15, 0.2) is 24.3 Å². The summed E-state index contributed by atoms with van der Waals surface area (Å²) in [5, 5.41) is 19.5. The van der Waals surface area contributed by atoms with Crippen molar-refractivity contribution in [2.45, 2.75) is 92.2 Å². The number of rotatable bonds is 11. The molecule has 2 aliphatic rings. The molecule has 0 spiro atoms. The predicted octanol–water partition coefficient (Wildman–Crippen LogP) is 5.05. The molecule has 45 heavy (non-hydrogen) atoms. The van der Waals surface area contributed by atoms with Gasteiger partial charge in [-0.15, -0.1) is 5.10 Å². The van der Waals surface area contributed by atoms with Gasteiger partial charge in [-0.3, -0.25) is 9.59 Å². The van der Waals surface area contributed by atoms with Crippen LogP contribution in [0.4, 0.5) is 4.79 Å². The number of unbranched alkanes of at least 4 members (excludes halogenated alkanes) is 1. The number of nitrogens with zero attached hydrogens (tertiary/aromatic N) is 6. The van der Waals surface area contributed by atoms with Gasteiger partial charge in [0.25, 0.3) is 5.91 Å². The van der Waals surface area contributed by atoms with E-state index in [-0.39, 0.29) is 30.0 Å². The van der Waals surface area contributed by atoms with Gasteiger partial charge in [-0.2, -0.15) is 0 Å². The summed E-state index contributed by atoms with van der Waals surface area (Å²) >= 11 is 0. The van der Waals surface area contributed by atoms with Gasteiger partial charge in [0.2, 0.25) is 5.91 Å². The second-order valence-electron chi connectivity index (χ2n) is 14.2. The summed E-state index contributed by atoms with van der Waals surface area (Å²) in [4.78, 5) is 46.5. The van der Waals surface area contributed by atoms with Gasteiger partial charge in [0.1, 0.15) is 0 Å². The Hall–Kier alpha value is -3.47. The molecule has 0 bridgehead atoms. The van der Waals surface area contributed by atoms with Crippen molar-refractivity contribution in [3.8, 4) is 5.69 Å². The number of likely N-dealkylation sites (tertiary alicyclic amines) is 2. The number of hydrogen-bond donors (Lipinski definition) is 1. The van der Waals surface area contributed by atoms with E-state index < -0.39 is 29.5 Å². The molecule has 2 aliphatic heterocycles. The highest BCUT2D eigenvalue weighted by Gasteiger charge is 2.50. The number of methoxy groups -OCH3 is 1. The lowest BCUT2D eigenvalue weighted by atomic mass is 9.74. The predicted molar refractivity (Wildman–Crippen MR) is 172 cm³/mol. The number of ether oxygens (including phenoxy) is 1. The first kappa shape index (κ1) is 34.4. The molecule has 0 radical (unpaired) electrons. The molecular formula is C34H52N6O5. The Morgan fingerprint density at radius 1 is 1.11 bits per heavy atom. The van der Waals surface area contributed by atoms with Crippen LogP contribution in [-0.2, 0) is 16.0 Å². The molecule has 2 aromatic rings. The lowest BCUT2D eigenvalue weighted by Crippen LogP contribution is -2.66. The molecule has 3 heterocycles. The Balaban J connectivity index is 1.80. The van der Waals surface area contributed by atoms with E-state index in [2.05, 4.69) is 10.3 Å². The molecule has 11 heteroatoms. The van der Waals surface area contributed by atoms with E-state index in [0.717, 1.165) is 42.6 Å². The summed E-state index contributed by atoms with van der Waals surface area (Å²) in [7, 11) is 1.68. The number of hydrogen-bond acceptors (Lipinski definition) is 6. The van der Waals surface area contributed by atoms with E-state index in [4.69, 9.17) is 4.74 Å². The smallest absolute Gasteiger partial charge is 0.407 e. The average molecular weight is 625 g/mol. The van der Waals surface area contributed by atoms with Gasteiger partial charge in [-0.05, 0) is 68.4 Å². The van der Waals surface area contributed by atoms with Crippen LogP contribution in [0.25, 0.3) is 5.69 Å². The summed E-state index contributed by atoms with van der Waals surface area (Å²) in [6.07, 6.45) is 3.42. The molecule has 1 N–H and O–H groups in total. The number of carbonyl (C=O) groups excluding carboxylic acids is 2. The monoisotopic (exact) mass is 624 g/mol. The number of carboxylic acid groups (broad SMARTS) is 1. The topological polar surface area (TPSA) is 121 Å². The third kappa shape index (κ3) is 7.85. The molecule has 0 saturated carbocycles. The Labute approximate surface area is 267 Å². The Morgan fingerprint density at radius 2 is 1.80 bits per heavy atom. The molecule has 3 atom stereocenters. The van der Waals surface area contributed by atoms with Crippen molar-refractivity contribution in [2.24, 2.45) is 17.3 Å². The fourth-order valence-corrected chi connectivity index (χ4v) is 7.09. The van der Waals surface area contributed by atoms with Gasteiger partial charge in [0, 0.05) is 39.9 Å². The van der Waals surface area contributed by atoms with E-state index in [1.807, 2.05) is 75.6 Å². The molecule has 2 saturated heterocycles. The molecule has 248 valence electrons. The number of piperidine rings is 1. The van der Waals surface area contributed by atoms with Crippen LogP contribution in [0.1, 0.15) is 88.5 Å². The highest BCUT2D eigenvalue weighted by atomic mass is 16.5. The number of benzene rings is 1. The summed E-state index contributed by atoms with van der Waals surface area (Å²) in [6, 6.07) is 6.85. The second-order valence-corrected chi connectivity index (χ2v) is 14.2. The highest BCUT2D eigenvalue weighted by molar-refractivity contribution is 5.94. The van der Waals surface area contributed by atoms with Crippen molar-refractivity contribution >= 4 is 17.9 Å². The fourth-order valence-electron chi connectivity index (χ4n) is 7.09. The van der Waals surface area contributed by atoms with E-state index in [0.29, 0.717) is 39.1 Å². The number of aromatic nitrogens is 3. The quantitative estimate of drug-likeness (QED) is 0.348. The molecule has 4 rings (SSSR count). The zero-order valence-electron chi connectivity index (χ0n) is 28.2.